The van der Waals surface area contributed by atoms with E-state index in [0.717, 1.165) is 10.5 Å². The van der Waals surface area contributed by atoms with E-state index in [4.69, 9.17) is 47.9 Å². The molecular weight excluding hydrogens is 421 g/mol. The summed E-state index contributed by atoms with van der Waals surface area (Å²) in [6, 6.07) is 14.9. The Morgan fingerprint density at radius 1 is 1.07 bits per heavy atom. The molecule has 0 radical (unpaired) electrons. The first-order valence-corrected chi connectivity index (χ1v) is 10.6. The normalized spacial score (nSPS) is 32.7. The van der Waals surface area contributed by atoms with Gasteiger partial charge in [0.2, 0.25) is 0 Å². The quantitative estimate of drug-likeness (QED) is 0.764. The van der Waals surface area contributed by atoms with Crippen molar-refractivity contribution in [3.63, 3.8) is 0 Å². The zero-order valence-corrected chi connectivity index (χ0v) is 17.5. The Hall–Kier alpha value is -0.830. The molecule has 2 heterocycles. The standard InChI is InChI=1S/C20H21Cl2NO4S/c1-24-18-16(23)17-15(10-25-19(27-17)11-5-3-2-4-6-11)26-20(18)28-12-7-8-13(21)14(22)9-12/h2-9,15-20H,10,23H2,1H3. The van der Waals surface area contributed by atoms with Crippen LogP contribution in [0.2, 0.25) is 10.0 Å². The third-order valence-corrected chi connectivity index (χ3v) is 6.76. The molecule has 2 aromatic carbocycles. The lowest BCUT2D eigenvalue weighted by Crippen LogP contribution is -2.64. The zero-order valence-electron chi connectivity index (χ0n) is 15.2. The predicted octanol–water partition coefficient (Wildman–Crippen LogP) is 4.27. The van der Waals surface area contributed by atoms with Crippen molar-refractivity contribution in [2.75, 3.05) is 13.7 Å². The second kappa shape index (κ2) is 8.90. The number of benzene rings is 2. The smallest absolute Gasteiger partial charge is 0.184 e. The van der Waals surface area contributed by atoms with Crippen LogP contribution in [0.3, 0.4) is 0 Å². The van der Waals surface area contributed by atoms with Gasteiger partial charge in [-0.1, -0.05) is 65.3 Å². The fourth-order valence-corrected chi connectivity index (χ4v) is 5.04. The van der Waals surface area contributed by atoms with Crippen molar-refractivity contribution in [3.05, 3.63) is 64.1 Å². The molecular formula is C20H21Cl2NO4S. The SMILES string of the molecule is COC1C(Sc2ccc(Cl)c(Cl)c2)OC2COC(c3ccccc3)OC2C1N. The van der Waals surface area contributed by atoms with Gasteiger partial charge in [-0.2, -0.15) is 0 Å². The Morgan fingerprint density at radius 2 is 1.86 bits per heavy atom. The molecule has 0 amide bonds. The largest absolute Gasteiger partial charge is 0.376 e. The molecule has 5 nitrogen and oxygen atoms in total. The van der Waals surface area contributed by atoms with Gasteiger partial charge in [0.1, 0.15) is 23.7 Å². The van der Waals surface area contributed by atoms with Crippen LogP contribution in [0, 0.1) is 0 Å². The fraction of sp³-hybridized carbons (Fsp3) is 0.400. The molecule has 0 spiro atoms. The topological polar surface area (TPSA) is 62.9 Å². The van der Waals surface area contributed by atoms with Crippen molar-refractivity contribution in [2.24, 2.45) is 5.73 Å². The molecule has 6 atom stereocenters. The summed E-state index contributed by atoms with van der Waals surface area (Å²) < 4.78 is 24.0. The summed E-state index contributed by atoms with van der Waals surface area (Å²) in [5.74, 6) is 0. The van der Waals surface area contributed by atoms with E-state index in [2.05, 4.69) is 0 Å². The molecule has 8 heteroatoms. The maximum atomic E-state index is 6.54. The van der Waals surface area contributed by atoms with Crippen molar-refractivity contribution in [2.45, 2.75) is 41.0 Å². The monoisotopic (exact) mass is 441 g/mol. The minimum absolute atomic E-state index is 0.276. The number of rotatable bonds is 4. The third-order valence-electron chi connectivity index (χ3n) is 4.88. The Labute approximate surface area is 178 Å². The summed E-state index contributed by atoms with van der Waals surface area (Å²) in [7, 11) is 1.63. The Bertz CT molecular complexity index is 812. The predicted molar refractivity (Wildman–Crippen MR) is 110 cm³/mol. The van der Waals surface area contributed by atoms with Gasteiger partial charge >= 0.3 is 0 Å². The number of nitrogens with two attached hydrogens (primary N) is 1. The van der Waals surface area contributed by atoms with Gasteiger partial charge in [-0.25, -0.2) is 0 Å². The lowest BCUT2D eigenvalue weighted by Gasteiger charge is -2.48. The second-order valence-electron chi connectivity index (χ2n) is 6.69. The van der Waals surface area contributed by atoms with Crippen LogP contribution in [-0.2, 0) is 18.9 Å². The van der Waals surface area contributed by atoms with Crippen LogP contribution in [0.4, 0.5) is 0 Å². The van der Waals surface area contributed by atoms with Crippen LogP contribution in [0.25, 0.3) is 0 Å². The minimum Gasteiger partial charge on any atom is -0.376 e. The van der Waals surface area contributed by atoms with Gasteiger partial charge in [0.15, 0.2) is 6.29 Å². The van der Waals surface area contributed by atoms with Crippen LogP contribution in [0.5, 0.6) is 0 Å². The van der Waals surface area contributed by atoms with E-state index in [-0.39, 0.29) is 29.8 Å². The second-order valence-corrected chi connectivity index (χ2v) is 8.68. The number of fused-ring (bicyclic) bond motifs is 1. The molecule has 2 aliphatic rings. The summed E-state index contributed by atoms with van der Waals surface area (Å²) >= 11 is 13.6. The lowest BCUT2D eigenvalue weighted by atomic mass is 9.97. The molecule has 0 saturated carbocycles. The number of ether oxygens (including phenoxy) is 4. The van der Waals surface area contributed by atoms with E-state index >= 15 is 0 Å². The van der Waals surface area contributed by atoms with Gasteiger partial charge < -0.3 is 24.7 Å². The highest BCUT2D eigenvalue weighted by molar-refractivity contribution is 7.99. The first-order valence-electron chi connectivity index (χ1n) is 8.94. The van der Waals surface area contributed by atoms with Gasteiger partial charge in [-0.05, 0) is 18.2 Å². The maximum Gasteiger partial charge on any atom is 0.184 e. The van der Waals surface area contributed by atoms with Crippen molar-refractivity contribution in [3.8, 4) is 0 Å². The average molecular weight is 442 g/mol. The average Bonchev–Trinajstić information content (AvgIpc) is 2.71. The number of hydrogen-bond acceptors (Lipinski definition) is 6. The molecule has 4 rings (SSSR count). The van der Waals surface area contributed by atoms with Gasteiger partial charge in [-0.3, -0.25) is 0 Å². The van der Waals surface area contributed by atoms with Crippen LogP contribution < -0.4 is 5.73 Å². The molecule has 0 bridgehead atoms. The molecule has 28 heavy (non-hydrogen) atoms. The highest BCUT2D eigenvalue weighted by Gasteiger charge is 2.49. The number of halogens is 2. The van der Waals surface area contributed by atoms with Gasteiger partial charge in [0.05, 0.1) is 22.7 Å². The molecule has 2 saturated heterocycles. The van der Waals surface area contributed by atoms with Crippen molar-refractivity contribution < 1.29 is 18.9 Å². The molecule has 2 fully saturated rings. The van der Waals surface area contributed by atoms with E-state index in [0.29, 0.717) is 16.7 Å². The zero-order chi connectivity index (χ0) is 19.7. The lowest BCUT2D eigenvalue weighted by molar-refractivity contribution is -0.298. The van der Waals surface area contributed by atoms with Gasteiger partial charge in [-0.15, -0.1) is 0 Å². The fourth-order valence-electron chi connectivity index (χ4n) is 3.45. The molecule has 0 aliphatic carbocycles. The summed E-state index contributed by atoms with van der Waals surface area (Å²) in [4.78, 5) is 0.923. The highest BCUT2D eigenvalue weighted by atomic mass is 35.5. The van der Waals surface area contributed by atoms with Gasteiger partial charge in [0, 0.05) is 17.6 Å². The molecule has 2 N–H and O–H groups in total. The highest BCUT2D eigenvalue weighted by Crippen LogP contribution is 2.40. The molecule has 150 valence electrons. The maximum absolute atomic E-state index is 6.54. The summed E-state index contributed by atoms with van der Waals surface area (Å²) in [6.07, 6.45) is -1.42. The minimum atomic E-state index is -0.464. The van der Waals surface area contributed by atoms with Crippen molar-refractivity contribution in [1.29, 1.82) is 0 Å². The Balaban J connectivity index is 1.49. The molecule has 2 aliphatic heterocycles. The van der Waals surface area contributed by atoms with E-state index in [9.17, 15) is 0 Å². The molecule has 6 unspecified atom stereocenters. The van der Waals surface area contributed by atoms with Crippen LogP contribution >= 0.6 is 35.0 Å². The van der Waals surface area contributed by atoms with Crippen molar-refractivity contribution >= 4 is 35.0 Å². The number of methoxy groups -OCH3 is 1. The molecule has 2 aromatic rings. The van der Waals surface area contributed by atoms with Crippen molar-refractivity contribution in [1.82, 2.24) is 0 Å². The van der Waals surface area contributed by atoms with E-state index < -0.39 is 6.29 Å². The van der Waals surface area contributed by atoms with Crippen LogP contribution in [0.15, 0.2) is 53.4 Å². The van der Waals surface area contributed by atoms with Crippen LogP contribution in [0.1, 0.15) is 11.9 Å². The van der Waals surface area contributed by atoms with E-state index in [1.165, 1.54) is 11.8 Å². The summed E-state index contributed by atoms with van der Waals surface area (Å²) in [5.41, 5.74) is 7.17. The van der Waals surface area contributed by atoms with E-state index in [1.54, 1.807) is 13.2 Å². The van der Waals surface area contributed by atoms with Crippen LogP contribution in [-0.4, -0.2) is 43.5 Å². The third kappa shape index (κ3) is 4.20. The Kier molecular flexibility index (Phi) is 6.50. The van der Waals surface area contributed by atoms with Gasteiger partial charge in [0.25, 0.3) is 0 Å². The Morgan fingerprint density at radius 3 is 2.57 bits per heavy atom. The molecule has 0 aromatic heterocycles. The summed E-state index contributed by atoms with van der Waals surface area (Å²) in [5, 5.41) is 1.00. The first kappa shape index (κ1) is 20.4. The number of thioether (sulfide) groups is 1. The summed E-state index contributed by atoms with van der Waals surface area (Å²) in [6.45, 7) is 0.396. The first-order chi connectivity index (χ1) is 13.6. The number of hydrogen-bond donors (Lipinski definition) is 1. The van der Waals surface area contributed by atoms with E-state index in [1.807, 2.05) is 42.5 Å².